The van der Waals surface area contributed by atoms with Crippen LogP contribution in [0.3, 0.4) is 0 Å². The summed E-state index contributed by atoms with van der Waals surface area (Å²) in [6, 6.07) is 3.45. The highest BCUT2D eigenvalue weighted by Crippen LogP contribution is 2.35. The number of benzene rings is 1. The van der Waals surface area contributed by atoms with Gasteiger partial charge in [-0.05, 0) is 18.2 Å². The minimum atomic E-state index is -1.01. The summed E-state index contributed by atoms with van der Waals surface area (Å²) in [5, 5.41) is 10.4. The van der Waals surface area contributed by atoms with Crippen molar-refractivity contribution in [2.75, 3.05) is 11.1 Å². The minimum Gasteiger partial charge on any atom is -0.394 e. The van der Waals surface area contributed by atoms with Gasteiger partial charge in [0.15, 0.2) is 5.82 Å². The number of nitrogens with one attached hydrogen (secondary N) is 1. The molecule has 8 nitrogen and oxygen atoms in total. The van der Waals surface area contributed by atoms with Crippen molar-refractivity contribution in [1.82, 2.24) is 25.0 Å². The van der Waals surface area contributed by atoms with Crippen LogP contribution in [0.1, 0.15) is 15.9 Å². The predicted octanol–water partition coefficient (Wildman–Crippen LogP) is 4.13. The number of halogens is 4. The number of terminal acetylenes is 1. The van der Waals surface area contributed by atoms with E-state index >= 15 is 0 Å². The molecule has 0 fully saturated rings. The molecule has 3 heterocycles. The van der Waals surface area contributed by atoms with Crippen LogP contribution in [0.4, 0.5) is 20.2 Å². The van der Waals surface area contributed by atoms with Gasteiger partial charge in [-0.1, -0.05) is 29.1 Å². The van der Waals surface area contributed by atoms with E-state index in [4.69, 9.17) is 35.4 Å². The van der Waals surface area contributed by atoms with Crippen molar-refractivity contribution in [3.05, 3.63) is 75.9 Å². The fraction of sp³-hybridized carbons (Fsp3) is 0. The van der Waals surface area contributed by atoms with Gasteiger partial charge in [-0.25, -0.2) is 14.4 Å². The molecule has 4 rings (SSSR count). The van der Waals surface area contributed by atoms with E-state index in [9.17, 15) is 13.6 Å². The zero-order chi connectivity index (χ0) is 23.7. The third kappa shape index (κ3) is 4.19. The standard InChI is InChI=1S/C21H11Cl2F2N7O/c1-2-10-8-27-19(25)18(26)17(10)13-6-14(22)12(7-16(13)24)21(33)31-11-5-15(23)20(28-9-11)32-29-3-4-30-32/h1,3-9H,26H2,(H,31,33). The van der Waals surface area contributed by atoms with Crippen molar-refractivity contribution in [3.63, 3.8) is 0 Å². The van der Waals surface area contributed by atoms with Crippen molar-refractivity contribution in [1.29, 1.82) is 0 Å². The number of rotatable bonds is 4. The summed E-state index contributed by atoms with van der Waals surface area (Å²) in [5.41, 5.74) is 5.11. The summed E-state index contributed by atoms with van der Waals surface area (Å²) in [7, 11) is 0. The summed E-state index contributed by atoms with van der Waals surface area (Å²) < 4.78 is 28.8. The Morgan fingerprint density at radius 1 is 1.09 bits per heavy atom. The van der Waals surface area contributed by atoms with E-state index in [2.05, 4.69) is 31.4 Å². The summed E-state index contributed by atoms with van der Waals surface area (Å²) >= 11 is 12.4. The molecule has 12 heteroatoms. The van der Waals surface area contributed by atoms with Crippen LogP contribution in [0.25, 0.3) is 16.9 Å². The van der Waals surface area contributed by atoms with Crippen molar-refractivity contribution in [2.45, 2.75) is 0 Å². The Labute approximate surface area is 195 Å². The van der Waals surface area contributed by atoms with Crippen molar-refractivity contribution >= 4 is 40.5 Å². The molecule has 0 spiro atoms. The highest BCUT2D eigenvalue weighted by Gasteiger charge is 2.21. The number of aromatic nitrogens is 5. The summed E-state index contributed by atoms with van der Waals surface area (Å²) in [6.07, 6.45) is 10.7. The van der Waals surface area contributed by atoms with E-state index in [0.29, 0.717) is 0 Å². The number of carbonyl (C=O) groups is 1. The van der Waals surface area contributed by atoms with E-state index < -0.39 is 23.4 Å². The van der Waals surface area contributed by atoms with Crippen LogP contribution in [0.2, 0.25) is 10.0 Å². The van der Waals surface area contributed by atoms with Gasteiger partial charge in [0.25, 0.3) is 5.91 Å². The Bertz CT molecular complexity index is 1440. The van der Waals surface area contributed by atoms with Gasteiger partial charge in [-0.2, -0.15) is 14.6 Å². The topological polar surface area (TPSA) is 112 Å². The maximum Gasteiger partial charge on any atom is 0.257 e. The maximum absolute atomic E-state index is 15.0. The number of nitrogen functional groups attached to an aromatic ring is 1. The number of amides is 1. The molecule has 33 heavy (non-hydrogen) atoms. The zero-order valence-corrected chi connectivity index (χ0v) is 17.9. The van der Waals surface area contributed by atoms with Crippen LogP contribution in [-0.4, -0.2) is 30.9 Å². The van der Waals surface area contributed by atoms with Crippen molar-refractivity contribution in [3.8, 4) is 29.3 Å². The lowest BCUT2D eigenvalue weighted by molar-refractivity contribution is 0.102. The molecule has 0 saturated carbocycles. The Balaban J connectivity index is 1.66. The summed E-state index contributed by atoms with van der Waals surface area (Å²) in [5.74, 6) is -0.125. The second kappa shape index (κ2) is 8.82. The van der Waals surface area contributed by atoms with Gasteiger partial charge in [0.1, 0.15) is 5.82 Å². The molecule has 0 bridgehead atoms. The number of hydrogen-bond donors (Lipinski definition) is 2. The Kier molecular flexibility index (Phi) is 5.91. The maximum atomic E-state index is 15.0. The molecule has 0 aliphatic heterocycles. The number of anilines is 2. The molecule has 0 aliphatic rings. The fourth-order valence-electron chi connectivity index (χ4n) is 2.99. The van der Waals surface area contributed by atoms with Gasteiger partial charge in [0.2, 0.25) is 5.95 Å². The quantitative estimate of drug-likeness (QED) is 0.332. The lowest BCUT2D eigenvalue weighted by Crippen LogP contribution is -2.14. The van der Waals surface area contributed by atoms with Crippen LogP contribution in [0.15, 0.2) is 43.0 Å². The summed E-state index contributed by atoms with van der Waals surface area (Å²) in [4.78, 5) is 21.5. The highest BCUT2D eigenvalue weighted by atomic mass is 35.5. The van der Waals surface area contributed by atoms with Crippen LogP contribution in [0, 0.1) is 24.1 Å². The third-order valence-corrected chi connectivity index (χ3v) is 5.07. The molecule has 0 unspecified atom stereocenters. The van der Waals surface area contributed by atoms with Gasteiger partial charge < -0.3 is 11.1 Å². The molecule has 4 aromatic rings. The molecular weight excluding hydrogens is 475 g/mol. The van der Waals surface area contributed by atoms with Crippen LogP contribution in [0.5, 0.6) is 0 Å². The van der Waals surface area contributed by atoms with Gasteiger partial charge in [-0.15, -0.1) is 11.2 Å². The van der Waals surface area contributed by atoms with E-state index in [-0.39, 0.29) is 43.8 Å². The second-order valence-corrected chi connectivity index (χ2v) is 7.32. The first kappa shape index (κ1) is 22.1. The second-order valence-electron chi connectivity index (χ2n) is 6.51. The largest absolute Gasteiger partial charge is 0.394 e. The van der Waals surface area contributed by atoms with Crippen molar-refractivity contribution < 1.29 is 13.6 Å². The van der Waals surface area contributed by atoms with Gasteiger partial charge in [0.05, 0.1) is 51.1 Å². The predicted molar refractivity (Wildman–Crippen MR) is 119 cm³/mol. The van der Waals surface area contributed by atoms with Crippen LogP contribution < -0.4 is 11.1 Å². The van der Waals surface area contributed by atoms with Gasteiger partial charge >= 0.3 is 0 Å². The molecule has 3 N–H and O–H groups in total. The van der Waals surface area contributed by atoms with Crippen molar-refractivity contribution in [2.24, 2.45) is 0 Å². The average molecular weight is 486 g/mol. The Morgan fingerprint density at radius 3 is 2.48 bits per heavy atom. The average Bonchev–Trinajstić information content (AvgIpc) is 3.31. The molecule has 0 atom stereocenters. The van der Waals surface area contributed by atoms with Crippen LogP contribution in [-0.2, 0) is 0 Å². The normalized spacial score (nSPS) is 10.6. The number of carbonyl (C=O) groups excluding carboxylic acids is 1. The third-order valence-electron chi connectivity index (χ3n) is 4.48. The molecular formula is C21H11Cl2F2N7O. The number of pyridine rings is 2. The first-order valence-electron chi connectivity index (χ1n) is 9.03. The van der Waals surface area contributed by atoms with E-state index in [0.717, 1.165) is 18.3 Å². The molecule has 1 aromatic carbocycles. The number of nitrogens with two attached hydrogens (primary N) is 1. The molecule has 0 aliphatic carbocycles. The number of hydrogen-bond acceptors (Lipinski definition) is 6. The molecule has 0 radical (unpaired) electrons. The number of nitrogens with zero attached hydrogens (tertiary/aromatic N) is 5. The molecule has 0 saturated heterocycles. The van der Waals surface area contributed by atoms with E-state index in [1.807, 2.05) is 0 Å². The molecule has 1 amide bonds. The summed E-state index contributed by atoms with van der Waals surface area (Å²) in [6.45, 7) is 0. The SMILES string of the molecule is C#Cc1cnc(F)c(N)c1-c1cc(Cl)c(C(=O)Nc2cnc(-n3nccn3)c(Cl)c2)cc1F. The lowest BCUT2D eigenvalue weighted by Gasteiger charge is -2.13. The first-order chi connectivity index (χ1) is 15.8. The zero-order valence-electron chi connectivity index (χ0n) is 16.4. The van der Waals surface area contributed by atoms with Gasteiger partial charge in [-0.3, -0.25) is 4.79 Å². The van der Waals surface area contributed by atoms with Gasteiger partial charge in [0, 0.05) is 17.3 Å². The molecule has 164 valence electrons. The smallest absolute Gasteiger partial charge is 0.257 e. The Hall–Kier alpha value is -4.07. The fourth-order valence-corrected chi connectivity index (χ4v) is 3.48. The Morgan fingerprint density at radius 2 is 1.82 bits per heavy atom. The lowest BCUT2D eigenvalue weighted by atomic mass is 9.98. The van der Waals surface area contributed by atoms with Crippen LogP contribution >= 0.6 is 23.2 Å². The minimum absolute atomic E-state index is 0.0635. The van der Waals surface area contributed by atoms with E-state index in [1.54, 1.807) is 0 Å². The van der Waals surface area contributed by atoms with E-state index in [1.165, 1.54) is 29.5 Å². The monoisotopic (exact) mass is 485 g/mol. The highest BCUT2D eigenvalue weighted by molar-refractivity contribution is 6.35. The molecule has 3 aromatic heterocycles. The first-order valence-corrected chi connectivity index (χ1v) is 9.79.